The van der Waals surface area contributed by atoms with Crippen LogP contribution in [0.5, 0.6) is 0 Å². The van der Waals surface area contributed by atoms with Crippen molar-refractivity contribution in [2.45, 2.75) is 51.0 Å². The van der Waals surface area contributed by atoms with Crippen molar-refractivity contribution in [2.75, 3.05) is 7.05 Å². The molecule has 2 aliphatic rings. The molecule has 4 heteroatoms. The summed E-state index contributed by atoms with van der Waals surface area (Å²) in [5, 5.41) is 1.84. The zero-order chi connectivity index (χ0) is 10.9. The Labute approximate surface area is 91.5 Å². The number of nitrogens with zero attached hydrogens (tertiary/aromatic N) is 1. The van der Waals surface area contributed by atoms with Crippen LogP contribution in [0.15, 0.2) is 0 Å². The molecule has 3 atom stereocenters. The molecule has 0 aromatic rings. The molecule has 2 aliphatic carbocycles. The van der Waals surface area contributed by atoms with Crippen molar-refractivity contribution in [1.29, 1.82) is 0 Å². The standard InChI is InChI=1S/C11H22N2O2/c1-9-6-10-4-3-5-11(7-9,8-10)13(2)15-14-12/h9-10H,3-8,12H2,1-2H3. The van der Waals surface area contributed by atoms with Crippen LogP contribution in [0.2, 0.25) is 0 Å². The van der Waals surface area contributed by atoms with Crippen LogP contribution < -0.4 is 5.90 Å². The smallest absolute Gasteiger partial charge is 0.0495 e. The normalized spacial score (nSPS) is 40.8. The van der Waals surface area contributed by atoms with E-state index in [0.717, 1.165) is 11.8 Å². The molecule has 0 saturated heterocycles. The van der Waals surface area contributed by atoms with Crippen LogP contribution in [-0.4, -0.2) is 17.6 Å². The molecule has 15 heavy (non-hydrogen) atoms. The Morgan fingerprint density at radius 2 is 2.20 bits per heavy atom. The topological polar surface area (TPSA) is 47.7 Å². The van der Waals surface area contributed by atoms with E-state index in [1.54, 1.807) is 0 Å². The van der Waals surface area contributed by atoms with Gasteiger partial charge in [0.15, 0.2) is 0 Å². The van der Waals surface area contributed by atoms with Crippen molar-refractivity contribution in [2.24, 2.45) is 17.7 Å². The van der Waals surface area contributed by atoms with Gasteiger partial charge >= 0.3 is 0 Å². The predicted octanol–water partition coefficient (Wildman–Crippen LogP) is 2.01. The van der Waals surface area contributed by atoms with Gasteiger partial charge in [-0.05, 0) is 37.5 Å². The lowest BCUT2D eigenvalue weighted by molar-refractivity contribution is -0.452. The van der Waals surface area contributed by atoms with E-state index in [1.165, 1.54) is 38.5 Å². The Hall–Kier alpha value is -0.160. The van der Waals surface area contributed by atoms with E-state index in [9.17, 15) is 0 Å². The van der Waals surface area contributed by atoms with Crippen LogP contribution in [0.1, 0.15) is 45.4 Å². The van der Waals surface area contributed by atoms with Crippen LogP contribution in [0, 0.1) is 11.8 Å². The van der Waals surface area contributed by atoms with E-state index >= 15 is 0 Å². The van der Waals surface area contributed by atoms with Gasteiger partial charge in [0.05, 0.1) is 0 Å². The van der Waals surface area contributed by atoms with E-state index in [1.807, 2.05) is 12.1 Å². The molecule has 0 amide bonds. The fourth-order valence-corrected chi connectivity index (χ4v) is 3.71. The largest absolute Gasteiger partial charge is 0.181 e. The molecule has 2 saturated carbocycles. The minimum atomic E-state index is 0.167. The van der Waals surface area contributed by atoms with Crippen LogP contribution in [-0.2, 0) is 9.98 Å². The molecule has 0 aromatic heterocycles. The van der Waals surface area contributed by atoms with E-state index < -0.39 is 0 Å². The third-order valence-corrected chi connectivity index (χ3v) is 4.21. The Kier molecular flexibility index (Phi) is 3.30. The quantitative estimate of drug-likeness (QED) is 0.576. The van der Waals surface area contributed by atoms with Gasteiger partial charge in [-0.15, -0.1) is 9.98 Å². The average molecular weight is 214 g/mol. The molecule has 2 N–H and O–H groups in total. The van der Waals surface area contributed by atoms with Crippen LogP contribution in [0.3, 0.4) is 0 Å². The molecule has 2 fully saturated rings. The Bertz CT molecular complexity index is 221. The summed E-state index contributed by atoms with van der Waals surface area (Å²) in [6.07, 6.45) is 7.69. The van der Waals surface area contributed by atoms with Gasteiger partial charge in [0.2, 0.25) is 0 Å². The number of rotatable bonds is 3. The molecule has 0 radical (unpaired) electrons. The highest BCUT2D eigenvalue weighted by molar-refractivity contribution is 4.97. The maximum absolute atomic E-state index is 5.02. The molecule has 2 rings (SSSR count). The lowest BCUT2D eigenvalue weighted by Gasteiger charge is -2.50. The molecular formula is C11H22N2O2. The first kappa shape index (κ1) is 11.3. The van der Waals surface area contributed by atoms with Crippen molar-refractivity contribution in [3.05, 3.63) is 0 Å². The zero-order valence-electron chi connectivity index (χ0n) is 9.74. The zero-order valence-corrected chi connectivity index (χ0v) is 9.74. The maximum Gasteiger partial charge on any atom is 0.0495 e. The van der Waals surface area contributed by atoms with Gasteiger partial charge in [0, 0.05) is 12.6 Å². The molecule has 3 unspecified atom stereocenters. The molecule has 0 aromatic carbocycles. The van der Waals surface area contributed by atoms with Crippen molar-refractivity contribution >= 4 is 0 Å². The SMILES string of the molecule is CC1CC2CCCC(N(C)OON)(C1)C2. The molecule has 88 valence electrons. The molecule has 0 aliphatic heterocycles. The van der Waals surface area contributed by atoms with Gasteiger partial charge in [-0.2, -0.15) is 11.0 Å². The average Bonchev–Trinajstić information content (AvgIpc) is 2.17. The van der Waals surface area contributed by atoms with Crippen molar-refractivity contribution in [1.82, 2.24) is 5.06 Å². The second kappa shape index (κ2) is 4.37. The Morgan fingerprint density at radius 3 is 2.93 bits per heavy atom. The van der Waals surface area contributed by atoms with Crippen molar-refractivity contribution in [3.8, 4) is 0 Å². The molecule has 2 bridgehead atoms. The highest BCUT2D eigenvalue weighted by atomic mass is 17.3. The molecule has 0 heterocycles. The number of hydrogen-bond acceptors (Lipinski definition) is 4. The fourth-order valence-electron chi connectivity index (χ4n) is 3.71. The summed E-state index contributed by atoms with van der Waals surface area (Å²) in [5.74, 6) is 6.63. The van der Waals surface area contributed by atoms with Crippen molar-refractivity contribution in [3.63, 3.8) is 0 Å². The van der Waals surface area contributed by atoms with Crippen LogP contribution >= 0.6 is 0 Å². The van der Waals surface area contributed by atoms with Gasteiger partial charge in [-0.3, -0.25) is 0 Å². The van der Waals surface area contributed by atoms with E-state index in [2.05, 4.69) is 11.9 Å². The monoisotopic (exact) mass is 214 g/mol. The minimum Gasteiger partial charge on any atom is -0.181 e. The lowest BCUT2D eigenvalue weighted by atomic mass is 9.64. The predicted molar refractivity (Wildman–Crippen MR) is 57.2 cm³/mol. The van der Waals surface area contributed by atoms with E-state index in [0.29, 0.717) is 0 Å². The molecule has 4 nitrogen and oxygen atoms in total. The van der Waals surface area contributed by atoms with Gasteiger partial charge in [-0.25, -0.2) is 0 Å². The highest BCUT2D eigenvalue weighted by Crippen LogP contribution is 2.47. The summed E-state index contributed by atoms with van der Waals surface area (Å²) in [5.41, 5.74) is 0.167. The summed E-state index contributed by atoms with van der Waals surface area (Å²) >= 11 is 0. The van der Waals surface area contributed by atoms with Gasteiger partial charge in [0.25, 0.3) is 0 Å². The van der Waals surface area contributed by atoms with E-state index in [4.69, 9.17) is 10.9 Å². The Balaban J connectivity index is 2.09. The summed E-state index contributed by atoms with van der Waals surface area (Å²) in [7, 11) is 1.94. The lowest BCUT2D eigenvalue weighted by Crippen LogP contribution is -2.53. The van der Waals surface area contributed by atoms with Crippen LogP contribution in [0.25, 0.3) is 0 Å². The summed E-state index contributed by atoms with van der Waals surface area (Å²) < 4.78 is 0. The summed E-state index contributed by atoms with van der Waals surface area (Å²) in [6.45, 7) is 2.34. The first-order valence-corrected chi connectivity index (χ1v) is 5.94. The molecule has 0 spiro atoms. The second-order valence-corrected chi connectivity index (χ2v) is 5.40. The highest BCUT2D eigenvalue weighted by Gasteiger charge is 2.45. The van der Waals surface area contributed by atoms with Gasteiger partial charge in [-0.1, -0.05) is 19.8 Å². The number of hydrogen-bond donors (Lipinski definition) is 1. The summed E-state index contributed by atoms with van der Waals surface area (Å²) in [4.78, 5) is 9.32. The van der Waals surface area contributed by atoms with E-state index in [-0.39, 0.29) is 5.54 Å². The third-order valence-electron chi connectivity index (χ3n) is 4.21. The first-order chi connectivity index (χ1) is 7.16. The maximum atomic E-state index is 5.02. The number of nitrogens with two attached hydrogens (primary N) is 1. The Morgan fingerprint density at radius 1 is 1.40 bits per heavy atom. The van der Waals surface area contributed by atoms with Gasteiger partial charge in [0.1, 0.15) is 0 Å². The minimum absolute atomic E-state index is 0.167. The van der Waals surface area contributed by atoms with Crippen LogP contribution in [0.4, 0.5) is 0 Å². The number of fused-ring (bicyclic) bond motifs is 2. The summed E-state index contributed by atoms with van der Waals surface area (Å²) in [6, 6.07) is 0. The number of hydroxylamine groups is 2. The second-order valence-electron chi connectivity index (χ2n) is 5.40. The fraction of sp³-hybridized carbons (Fsp3) is 1.00. The third kappa shape index (κ3) is 2.18. The molecular weight excluding hydrogens is 192 g/mol. The first-order valence-electron chi connectivity index (χ1n) is 5.94. The van der Waals surface area contributed by atoms with Crippen molar-refractivity contribution < 1.29 is 9.98 Å². The van der Waals surface area contributed by atoms with Gasteiger partial charge < -0.3 is 0 Å².